The van der Waals surface area contributed by atoms with Gasteiger partial charge in [0, 0.05) is 22.6 Å². The molecule has 43 heavy (non-hydrogen) atoms. The summed E-state index contributed by atoms with van der Waals surface area (Å²) in [5, 5.41) is 4.59. The third-order valence-electron chi connectivity index (χ3n) is 10.6. The number of nitrogens with zero attached hydrogens (tertiary/aromatic N) is 2. The molecule has 2 aromatic carbocycles. The van der Waals surface area contributed by atoms with Gasteiger partial charge in [0.1, 0.15) is 0 Å². The molecule has 0 spiro atoms. The molecule has 4 aliphatic rings. The molecule has 1 amide bonds. The third-order valence-corrected chi connectivity index (χ3v) is 11.9. The van der Waals surface area contributed by atoms with Crippen molar-refractivity contribution in [2.75, 3.05) is 25.2 Å². The Morgan fingerprint density at radius 1 is 1.12 bits per heavy atom. The Labute approximate surface area is 264 Å². The van der Waals surface area contributed by atoms with Crippen molar-refractivity contribution in [3.63, 3.8) is 0 Å². The lowest BCUT2D eigenvalue weighted by Gasteiger charge is -2.41. The number of ether oxygens (including phenoxy) is 2. The lowest BCUT2D eigenvalue weighted by atomic mass is 9.65. The maximum Gasteiger partial charge on any atom is 0.236 e. The number of aromatic nitrogens is 1. The van der Waals surface area contributed by atoms with Gasteiger partial charge in [-0.3, -0.25) is 9.69 Å². The third kappa shape index (κ3) is 5.57. The van der Waals surface area contributed by atoms with Crippen LogP contribution in [0.2, 0.25) is 5.02 Å². The zero-order chi connectivity index (χ0) is 29.7. The van der Waals surface area contributed by atoms with Crippen LogP contribution in [0.3, 0.4) is 0 Å². The van der Waals surface area contributed by atoms with Crippen LogP contribution in [0.4, 0.5) is 5.13 Å². The SMILES string of the molecule is CC(C)[C@@H]1CC[C@H](C)CC1[C@H]1CCN([C@@H](c2cnc(NC(=O)C3(c4ccc5c(c4)OCO5)CC3)s2)c2ccccc2Cl)C1. The number of nitrogens with one attached hydrogen (secondary N) is 1. The van der Waals surface area contributed by atoms with Crippen LogP contribution in [0.25, 0.3) is 0 Å². The minimum Gasteiger partial charge on any atom is -0.454 e. The fourth-order valence-electron chi connectivity index (χ4n) is 8.10. The topological polar surface area (TPSA) is 63.7 Å². The van der Waals surface area contributed by atoms with Crippen molar-refractivity contribution in [1.82, 2.24) is 9.88 Å². The van der Waals surface area contributed by atoms with Crippen LogP contribution in [0.5, 0.6) is 11.5 Å². The molecule has 7 rings (SSSR count). The van der Waals surface area contributed by atoms with Gasteiger partial charge >= 0.3 is 0 Å². The fourth-order valence-corrected chi connectivity index (χ4v) is 9.30. The van der Waals surface area contributed by atoms with Crippen molar-refractivity contribution in [3.05, 3.63) is 69.7 Å². The summed E-state index contributed by atoms with van der Waals surface area (Å²) in [6.07, 6.45) is 8.86. The molecule has 2 aliphatic carbocycles. The van der Waals surface area contributed by atoms with Crippen LogP contribution in [0.1, 0.15) is 81.3 Å². The molecule has 8 heteroatoms. The Hall–Kier alpha value is -2.61. The first-order valence-electron chi connectivity index (χ1n) is 16.0. The second-order valence-corrected chi connectivity index (χ2v) is 15.1. The molecular weight excluding hydrogens is 578 g/mol. The largest absolute Gasteiger partial charge is 0.454 e. The second-order valence-electron chi connectivity index (χ2n) is 13.6. The van der Waals surface area contributed by atoms with Crippen LogP contribution in [0, 0.1) is 29.6 Å². The first-order chi connectivity index (χ1) is 20.8. The van der Waals surface area contributed by atoms with E-state index in [-0.39, 0.29) is 18.7 Å². The van der Waals surface area contributed by atoms with Gasteiger partial charge in [-0.05, 0) is 97.6 Å². The second kappa shape index (κ2) is 11.7. The van der Waals surface area contributed by atoms with Crippen LogP contribution in [-0.2, 0) is 10.2 Å². The van der Waals surface area contributed by atoms with E-state index in [4.69, 9.17) is 26.1 Å². The number of amides is 1. The average molecular weight is 620 g/mol. The van der Waals surface area contributed by atoms with Crippen molar-refractivity contribution in [2.24, 2.45) is 29.6 Å². The summed E-state index contributed by atoms with van der Waals surface area (Å²) in [7, 11) is 0. The quantitative estimate of drug-likeness (QED) is 0.275. The van der Waals surface area contributed by atoms with Crippen molar-refractivity contribution >= 4 is 34.0 Å². The van der Waals surface area contributed by atoms with E-state index in [2.05, 4.69) is 43.1 Å². The van der Waals surface area contributed by atoms with Crippen LogP contribution in [0.15, 0.2) is 48.7 Å². The highest BCUT2D eigenvalue weighted by Crippen LogP contribution is 2.52. The molecule has 1 aromatic heterocycles. The van der Waals surface area contributed by atoms with Gasteiger partial charge in [-0.2, -0.15) is 0 Å². The Morgan fingerprint density at radius 2 is 1.93 bits per heavy atom. The Balaban J connectivity index is 1.12. The molecule has 3 aromatic rings. The van der Waals surface area contributed by atoms with Gasteiger partial charge in [0.15, 0.2) is 16.6 Å². The number of carbonyl (C=O) groups is 1. The van der Waals surface area contributed by atoms with E-state index in [1.165, 1.54) is 25.7 Å². The van der Waals surface area contributed by atoms with Crippen molar-refractivity contribution in [1.29, 1.82) is 0 Å². The van der Waals surface area contributed by atoms with Crippen molar-refractivity contribution in [3.8, 4) is 11.5 Å². The van der Waals surface area contributed by atoms with E-state index in [0.717, 1.165) is 76.4 Å². The van der Waals surface area contributed by atoms with E-state index >= 15 is 0 Å². The van der Waals surface area contributed by atoms with Gasteiger partial charge in [0.2, 0.25) is 12.7 Å². The smallest absolute Gasteiger partial charge is 0.236 e. The average Bonchev–Trinajstić information content (AvgIpc) is 3.31. The number of hydrogen-bond donors (Lipinski definition) is 1. The van der Waals surface area contributed by atoms with Crippen LogP contribution < -0.4 is 14.8 Å². The maximum atomic E-state index is 13.6. The molecule has 6 nitrogen and oxygen atoms in total. The maximum absolute atomic E-state index is 13.6. The molecule has 2 aliphatic heterocycles. The number of thiazole rings is 1. The number of hydrogen-bond acceptors (Lipinski definition) is 6. The van der Waals surface area contributed by atoms with Crippen molar-refractivity contribution in [2.45, 2.75) is 70.8 Å². The van der Waals surface area contributed by atoms with E-state index in [0.29, 0.717) is 16.8 Å². The molecule has 1 unspecified atom stereocenters. The molecule has 1 saturated heterocycles. The molecule has 1 N–H and O–H groups in total. The number of fused-ring (bicyclic) bond motifs is 1. The molecule has 0 radical (unpaired) electrons. The zero-order valence-electron chi connectivity index (χ0n) is 25.4. The van der Waals surface area contributed by atoms with Gasteiger partial charge in [-0.15, -0.1) is 0 Å². The summed E-state index contributed by atoms with van der Waals surface area (Å²) >= 11 is 8.43. The molecule has 3 heterocycles. The van der Waals surface area contributed by atoms with Gasteiger partial charge in [0.25, 0.3) is 0 Å². The van der Waals surface area contributed by atoms with E-state index in [9.17, 15) is 4.79 Å². The monoisotopic (exact) mass is 619 g/mol. The lowest BCUT2D eigenvalue weighted by Crippen LogP contribution is -2.35. The van der Waals surface area contributed by atoms with Gasteiger partial charge < -0.3 is 14.8 Å². The molecule has 2 saturated carbocycles. The van der Waals surface area contributed by atoms with Crippen LogP contribution >= 0.6 is 22.9 Å². The van der Waals surface area contributed by atoms with Gasteiger partial charge in [-0.1, -0.05) is 74.4 Å². The Morgan fingerprint density at radius 3 is 2.72 bits per heavy atom. The number of halogens is 1. The summed E-state index contributed by atoms with van der Waals surface area (Å²) in [6.45, 7) is 9.61. The van der Waals surface area contributed by atoms with E-state index in [1.54, 1.807) is 11.3 Å². The van der Waals surface area contributed by atoms with Gasteiger partial charge in [0.05, 0.1) is 11.5 Å². The molecule has 0 bridgehead atoms. The molecule has 228 valence electrons. The minimum atomic E-state index is -0.540. The molecular formula is C35H42ClN3O3S. The Bertz CT molecular complexity index is 1490. The van der Waals surface area contributed by atoms with E-state index in [1.807, 2.05) is 36.5 Å². The normalized spacial score (nSPS) is 26.9. The number of carbonyl (C=O) groups excluding carboxylic acids is 1. The zero-order valence-corrected chi connectivity index (χ0v) is 26.9. The fraction of sp³-hybridized carbons (Fsp3) is 0.543. The van der Waals surface area contributed by atoms with Crippen molar-refractivity contribution < 1.29 is 14.3 Å². The highest BCUT2D eigenvalue weighted by molar-refractivity contribution is 7.15. The highest BCUT2D eigenvalue weighted by Gasteiger charge is 2.52. The summed E-state index contributed by atoms with van der Waals surface area (Å²) in [5.74, 6) is 5.27. The standard InChI is InChI=1S/C35H42ClN3O3S/c1-21(2)25-10-8-22(3)16-27(25)23-12-15-39(19-23)32(26-6-4-5-7-28(26)36)31-18-37-34(43-31)38-33(40)35(13-14-35)24-9-11-29-30(17-24)42-20-41-29/h4-7,9,11,17-18,21-23,25,27,32H,8,10,12-16,19-20H2,1-3H3,(H,37,38,40)/t22-,23-,25-,27?,32+/m0/s1. The first-order valence-corrected chi connectivity index (χ1v) is 17.2. The first kappa shape index (κ1) is 29.1. The van der Waals surface area contributed by atoms with E-state index < -0.39 is 5.41 Å². The lowest BCUT2D eigenvalue weighted by molar-refractivity contribution is -0.118. The highest BCUT2D eigenvalue weighted by atomic mass is 35.5. The minimum absolute atomic E-state index is 0.00561. The summed E-state index contributed by atoms with van der Waals surface area (Å²) < 4.78 is 11.1. The molecule has 3 fully saturated rings. The number of likely N-dealkylation sites (tertiary alicyclic amines) is 1. The van der Waals surface area contributed by atoms with Gasteiger partial charge in [-0.25, -0.2) is 4.98 Å². The predicted molar refractivity (Wildman–Crippen MR) is 172 cm³/mol. The number of rotatable bonds is 8. The van der Waals surface area contributed by atoms with Crippen LogP contribution in [-0.4, -0.2) is 35.7 Å². The Kier molecular flexibility index (Phi) is 7.93. The number of anilines is 1. The summed E-state index contributed by atoms with van der Waals surface area (Å²) in [5.41, 5.74) is 1.55. The number of benzene rings is 2. The summed E-state index contributed by atoms with van der Waals surface area (Å²) in [6, 6.07) is 14.1. The molecule has 5 atom stereocenters. The predicted octanol–water partition coefficient (Wildman–Crippen LogP) is 8.32. The summed E-state index contributed by atoms with van der Waals surface area (Å²) in [4.78, 5) is 22.1.